The van der Waals surface area contributed by atoms with Crippen LogP contribution in [-0.4, -0.2) is 63.8 Å². The van der Waals surface area contributed by atoms with Crippen molar-refractivity contribution < 1.29 is 9.53 Å². The summed E-state index contributed by atoms with van der Waals surface area (Å²) >= 11 is 6.75. The highest BCUT2D eigenvalue weighted by atomic mass is 32.2. The van der Waals surface area contributed by atoms with Gasteiger partial charge in [-0.15, -0.1) is 0 Å². The van der Waals surface area contributed by atoms with Crippen LogP contribution >= 0.6 is 24.0 Å². The fourth-order valence-electron chi connectivity index (χ4n) is 4.68. The lowest BCUT2D eigenvalue weighted by molar-refractivity contribution is -0.123. The second-order valence-electron chi connectivity index (χ2n) is 9.04. The van der Waals surface area contributed by atoms with Crippen molar-refractivity contribution in [3.8, 4) is 5.75 Å². The van der Waals surface area contributed by atoms with Gasteiger partial charge in [0.1, 0.15) is 21.5 Å². The molecule has 2 fully saturated rings. The van der Waals surface area contributed by atoms with E-state index >= 15 is 0 Å². The Bertz CT molecular complexity index is 1450. The first-order valence-electron chi connectivity index (χ1n) is 12.3. The molecular weight excluding hydrogens is 506 g/mol. The number of hydrogen-bond acceptors (Lipinski definition) is 8. The summed E-state index contributed by atoms with van der Waals surface area (Å²) in [5.41, 5.74) is 1.81. The van der Waals surface area contributed by atoms with Crippen molar-refractivity contribution in [2.24, 2.45) is 0 Å². The number of carbonyl (C=O) groups excluding carboxylic acids is 1. The van der Waals surface area contributed by atoms with Gasteiger partial charge in [0.25, 0.3) is 11.5 Å². The topological polar surface area (TPSA) is 70.4 Å². The number of piperazine rings is 1. The molecule has 0 spiro atoms. The van der Waals surface area contributed by atoms with E-state index in [1.807, 2.05) is 44.2 Å². The standard InChI is InChI=1S/C27H29N5O3S2/c1-4-18(2)32-26(34)22(37-27(32)36)17-19-24(28-23-11-7-8-12-31(23)25(19)33)30-15-13-29(14-16-30)20-9-5-6-10-21(20)35-3/h5-12,17-18H,4,13-16H2,1-3H3/b22-17-/t18-/m1/s1. The summed E-state index contributed by atoms with van der Waals surface area (Å²) in [5, 5.41) is 0. The SMILES string of the molecule is CC[C@@H](C)N1C(=O)/C(=C/c2c(N3CCN(c4ccccc4OC)CC3)nc3ccccn3c2=O)SC1=S. The number of nitrogens with zero attached hydrogens (tertiary/aromatic N) is 5. The largest absolute Gasteiger partial charge is 0.495 e. The van der Waals surface area contributed by atoms with E-state index in [9.17, 15) is 9.59 Å². The number of thioether (sulfide) groups is 1. The molecule has 0 aliphatic carbocycles. The summed E-state index contributed by atoms with van der Waals surface area (Å²) in [6.07, 6.45) is 4.18. The van der Waals surface area contributed by atoms with Crippen LogP contribution in [0.4, 0.5) is 11.5 Å². The van der Waals surface area contributed by atoms with Crippen molar-refractivity contribution in [1.29, 1.82) is 0 Å². The molecule has 192 valence electrons. The van der Waals surface area contributed by atoms with Crippen LogP contribution in [0.25, 0.3) is 11.7 Å². The highest BCUT2D eigenvalue weighted by Gasteiger charge is 2.35. The number of fused-ring (bicyclic) bond motifs is 1. The average molecular weight is 536 g/mol. The molecule has 1 aromatic carbocycles. The molecule has 37 heavy (non-hydrogen) atoms. The molecule has 2 aliphatic heterocycles. The number of ether oxygens (including phenoxy) is 1. The smallest absolute Gasteiger partial charge is 0.267 e. The van der Waals surface area contributed by atoms with Gasteiger partial charge in [-0.25, -0.2) is 4.98 Å². The lowest BCUT2D eigenvalue weighted by atomic mass is 10.2. The highest BCUT2D eigenvalue weighted by molar-refractivity contribution is 8.26. The molecule has 3 aromatic rings. The molecule has 0 N–H and O–H groups in total. The van der Waals surface area contributed by atoms with Crippen LogP contribution in [0.1, 0.15) is 25.8 Å². The Kier molecular flexibility index (Phi) is 7.21. The number of hydrogen-bond donors (Lipinski definition) is 0. The van der Waals surface area contributed by atoms with Crippen molar-refractivity contribution in [1.82, 2.24) is 14.3 Å². The van der Waals surface area contributed by atoms with Gasteiger partial charge in [0.15, 0.2) is 0 Å². The van der Waals surface area contributed by atoms with Crippen LogP contribution in [0.2, 0.25) is 0 Å². The van der Waals surface area contributed by atoms with E-state index in [0.29, 0.717) is 39.3 Å². The normalized spacial score (nSPS) is 18.2. The molecule has 0 unspecified atom stereocenters. The second-order valence-corrected chi connectivity index (χ2v) is 10.7. The Labute approximate surface area is 225 Å². The molecule has 4 heterocycles. The number of rotatable bonds is 6. The van der Waals surface area contributed by atoms with Crippen LogP contribution in [-0.2, 0) is 4.79 Å². The third kappa shape index (κ3) is 4.71. The summed E-state index contributed by atoms with van der Waals surface area (Å²) in [6, 6.07) is 13.5. The van der Waals surface area contributed by atoms with E-state index in [4.69, 9.17) is 21.9 Å². The van der Waals surface area contributed by atoms with Crippen molar-refractivity contribution in [2.75, 3.05) is 43.1 Å². The van der Waals surface area contributed by atoms with Crippen molar-refractivity contribution in [3.05, 3.63) is 69.5 Å². The zero-order valence-electron chi connectivity index (χ0n) is 21.1. The summed E-state index contributed by atoms with van der Waals surface area (Å²) < 4.78 is 7.59. The summed E-state index contributed by atoms with van der Waals surface area (Å²) in [7, 11) is 1.68. The number of anilines is 2. The molecular formula is C27H29N5O3S2. The summed E-state index contributed by atoms with van der Waals surface area (Å²) in [4.78, 5) is 38.3. The van der Waals surface area contributed by atoms with Crippen molar-refractivity contribution in [2.45, 2.75) is 26.3 Å². The van der Waals surface area contributed by atoms with Gasteiger partial charge in [0.05, 0.1) is 23.3 Å². The van der Waals surface area contributed by atoms with Crippen molar-refractivity contribution in [3.63, 3.8) is 0 Å². The Balaban J connectivity index is 1.51. The molecule has 1 amide bonds. The number of aromatic nitrogens is 2. The summed E-state index contributed by atoms with van der Waals surface area (Å²) in [6.45, 7) is 6.82. The Morgan fingerprint density at radius 1 is 1.08 bits per heavy atom. The predicted octanol–water partition coefficient (Wildman–Crippen LogP) is 4.03. The number of pyridine rings is 1. The third-order valence-corrected chi connectivity index (χ3v) is 8.21. The van der Waals surface area contributed by atoms with E-state index in [1.54, 1.807) is 30.3 Å². The third-order valence-electron chi connectivity index (χ3n) is 6.88. The Morgan fingerprint density at radius 3 is 2.51 bits per heavy atom. The van der Waals surface area contributed by atoms with Crippen LogP contribution in [0.3, 0.4) is 0 Å². The van der Waals surface area contributed by atoms with E-state index < -0.39 is 0 Å². The van der Waals surface area contributed by atoms with Crippen LogP contribution in [0.5, 0.6) is 5.75 Å². The van der Waals surface area contributed by atoms with Gasteiger partial charge in [-0.2, -0.15) is 0 Å². The lowest BCUT2D eigenvalue weighted by Crippen LogP contribution is -2.47. The minimum atomic E-state index is -0.207. The highest BCUT2D eigenvalue weighted by Crippen LogP contribution is 2.35. The van der Waals surface area contributed by atoms with Crippen LogP contribution in [0, 0.1) is 0 Å². The number of methoxy groups -OCH3 is 1. The molecule has 2 saturated heterocycles. The average Bonchev–Trinajstić information content (AvgIpc) is 3.22. The maximum Gasteiger partial charge on any atom is 0.267 e. The lowest BCUT2D eigenvalue weighted by Gasteiger charge is -2.37. The first kappa shape index (κ1) is 25.3. The van der Waals surface area contributed by atoms with Crippen LogP contribution < -0.4 is 20.1 Å². The zero-order valence-corrected chi connectivity index (χ0v) is 22.7. The van der Waals surface area contributed by atoms with E-state index in [-0.39, 0.29) is 17.5 Å². The van der Waals surface area contributed by atoms with Gasteiger partial charge in [0.2, 0.25) is 0 Å². The molecule has 0 bridgehead atoms. The molecule has 2 aromatic heterocycles. The molecule has 0 saturated carbocycles. The number of amides is 1. The van der Waals surface area contributed by atoms with Gasteiger partial charge in [-0.05, 0) is 43.7 Å². The summed E-state index contributed by atoms with van der Waals surface area (Å²) in [5.74, 6) is 1.26. The number of benzene rings is 1. The van der Waals surface area contributed by atoms with Gasteiger partial charge < -0.3 is 14.5 Å². The molecule has 2 aliphatic rings. The fourth-order valence-corrected chi connectivity index (χ4v) is 6.13. The number of carbonyl (C=O) groups is 1. The van der Waals surface area contributed by atoms with E-state index in [1.165, 1.54) is 16.2 Å². The monoisotopic (exact) mass is 535 g/mol. The van der Waals surface area contributed by atoms with Gasteiger partial charge in [-0.1, -0.05) is 49.1 Å². The van der Waals surface area contributed by atoms with E-state index in [0.717, 1.165) is 30.9 Å². The molecule has 0 radical (unpaired) electrons. The van der Waals surface area contributed by atoms with Gasteiger partial charge in [-0.3, -0.25) is 18.9 Å². The first-order valence-corrected chi connectivity index (χ1v) is 13.6. The fraction of sp³-hybridized carbons (Fsp3) is 0.333. The Hall–Kier alpha value is -3.37. The zero-order chi connectivity index (χ0) is 26.1. The van der Waals surface area contributed by atoms with Gasteiger partial charge >= 0.3 is 0 Å². The Morgan fingerprint density at radius 2 is 1.78 bits per heavy atom. The molecule has 5 rings (SSSR count). The number of para-hydroxylation sites is 2. The molecule has 1 atom stereocenters. The quantitative estimate of drug-likeness (QED) is 0.346. The molecule has 8 nitrogen and oxygen atoms in total. The second kappa shape index (κ2) is 10.5. The van der Waals surface area contributed by atoms with Gasteiger partial charge in [0, 0.05) is 38.4 Å². The minimum Gasteiger partial charge on any atom is -0.495 e. The minimum absolute atomic E-state index is 0.00301. The van der Waals surface area contributed by atoms with E-state index in [2.05, 4.69) is 15.9 Å². The predicted molar refractivity (Wildman–Crippen MR) is 154 cm³/mol. The number of thiocarbonyl (C=S) groups is 1. The maximum absolute atomic E-state index is 13.7. The van der Waals surface area contributed by atoms with Crippen LogP contribution in [0.15, 0.2) is 58.4 Å². The molecule has 10 heteroatoms. The first-order chi connectivity index (χ1) is 17.9. The van der Waals surface area contributed by atoms with Crippen molar-refractivity contribution >= 4 is 57.4 Å². The maximum atomic E-state index is 13.7.